The number of ether oxygens (including phenoxy) is 1. The molecule has 1 aromatic carbocycles. The smallest absolute Gasteiger partial charge is 0.272 e. The molecule has 3 heterocycles. The van der Waals surface area contributed by atoms with E-state index >= 15 is 0 Å². The van der Waals surface area contributed by atoms with Gasteiger partial charge in [-0.05, 0) is 31.0 Å². The molecule has 0 bridgehead atoms. The Kier molecular flexibility index (Phi) is 8.39. The van der Waals surface area contributed by atoms with Crippen LogP contribution in [0.5, 0.6) is 0 Å². The van der Waals surface area contributed by atoms with E-state index in [1.54, 1.807) is 6.92 Å². The van der Waals surface area contributed by atoms with Crippen LogP contribution in [0, 0.1) is 11.8 Å². The number of fused-ring (bicyclic) bond motifs is 1. The highest BCUT2D eigenvalue weighted by Gasteiger charge is 2.47. The molecule has 194 valence electrons. The number of imidazole rings is 1. The first kappa shape index (κ1) is 26.2. The lowest BCUT2D eigenvalue weighted by Crippen LogP contribution is -2.42. The monoisotopic (exact) mass is 506 g/mol. The number of nitrogens with two attached hydrogens (primary N) is 1. The van der Waals surface area contributed by atoms with Crippen LogP contribution < -0.4 is 11.1 Å². The summed E-state index contributed by atoms with van der Waals surface area (Å²) in [4.78, 5) is 24.9. The molecule has 37 heavy (non-hydrogen) atoms. The van der Waals surface area contributed by atoms with Gasteiger partial charge in [0.2, 0.25) is 0 Å². The topological polar surface area (TPSA) is 173 Å². The van der Waals surface area contributed by atoms with Gasteiger partial charge in [0.1, 0.15) is 17.7 Å². The van der Waals surface area contributed by atoms with Crippen LogP contribution in [0.2, 0.25) is 0 Å². The SMILES string of the molecule is CCCCC#Cc1ccc(CN=Nc2nc(N)c3ncn([C@@H]4O[C@H](C(=O)NCC)[C@@H](O)[C@H]4O)c3n2)cc1. The van der Waals surface area contributed by atoms with Crippen LogP contribution in [-0.4, -0.2) is 60.5 Å². The number of nitrogens with one attached hydrogen (secondary N) is 1. The summed E-state index contributed by atoms with van der Waals surface area (Å²) in [6.45, 7) is 4.54. The molecule has 1 amide bonds. The first-order valence-corrected chi connectivity index (χ1v) is 12.2. The number of anilines is 1. The lowest BCUT2D eigenvalue weighted by atomic mass is 10.1. The molecule has 0 spiro atoms. The third kappa shape index (κ3) is 5.91. The van der Waals surface area contributed by atoms with Gasteiger partial charge in [0.25, 0.3) is 11.9 Å². The summed E-state index contributed by atoms with van der Waals surface area (Å²) in [6, 6.07) is 7.76. The molecule has 5 N–H and O–H groups in total. The quantitative estimate of drug-likeness (QED) is 0.204. The standard InChI is InChI=1S/C25H30N8O4/c1-3-5-6-7-8-15-9-11-16(12-10-15)13-29-32-25-30-21(26)17-22(31-25)33(14-28-17)24-19(35)18(34)20(37-24)23(36)27-4-2/h9-12,14,18-20,24,34-35H,3-6,13H2,1-2H3,(H,27,36)(H2,26,30,31)/t18-,19+,20-,24+/m0/s1. The number of carbonyl (C=O) groups excluding carboxylic acids is 1. The molecule has 1 aliphatic rings. The number of likely N-dealkylation sites (N-methyl/N-ethyl adjacent to an activating group) is 1. The second-order valence-electron chi connectivity index (χ2n) is 8.56. The zero-order chi connectivity index (χ0) is 26.4. The van der Waals surface area contributed by atoms with Crippen molar-refractivity contribution in [3.8, 4) is 11.8 Å². The minimum Gasteiger partial charge on any atom is -0.387 e. The number of rotatable bonds is 8. The van der Waals surface area contributed by atoms with Gasteiger partial charge in [-0.2, -0.15) is 15.1 Å². The summed E-state index contributed by atoms with van der Waals surface area (Å²) in [5.74, 6) is 5.85. The van der Waals surface area contributed by atoms with E-state index in [4.69, 9.17) is 10.5 Å². The Hall–Kier alpha value is -3.92. The van der Waals surface area contributed by atoms with Crippen molar-refractivity contribution in [2.24, 2.45) is 10.2 Å². The van der Waals surface area contributed by atoms with Crippen molar-refractivity contribution in [2.45, 2.75) is 64.2 Å². The van der Waals surface area contributed by atoms with Crippen molar-refractivity contribution in [1.29, 1.82) is 0 Å². The third-order valence-corrected chi connectivity index (χ3v) is 5.81. The average molecular weight is 507 g/mol. The van der Waals surface area contributed by atoms with E-state index in [0.717, 1.165) is 30.4 Å². The van der Waals surface area contributed by atoms with Crippen LogP contribution in [0.1, 0.15) is 50.5 Å². The van der Waals surface area contributed by atoms with Crippen LogP contribution in [0.15, 0.2) is 40.8 Å². The van der Waals surface area contributed by atoms with E-state index < -0.39 is 30.4 Å². The molecule has 4 rings (SSSR count). The highest BCUT2D eigenvalue weighted by molar-refractivity contribution is 5.83. The maximum absolute atomic E-state index is 12.2. The molecule has 1 aliphatic heterocycles. The van der Waals surface area contributed by atoms with Crippen LogP contribution in [-0.2, 0) is 16.1 Å². The van der Waals surface area contributed by atoms with E-state index in [0.29, 0.717) is 13.1 Å². The van der Waals surface area contributed by atoms with Gasteiger partial charge in [-0.3, -0.25) is 9.36 Å². The fourth-order valence-corrected chi connectivity index (χ4v) is 3.84. The number of hydrogen-bond donors (Lipinski definition) is 4. The van der Waals surface area contributed by atoms with Crippen LogP contribution >= 0.6 is 0 Å². The lowest BCUT2D eigenvalue weighted by Gasteiger charge is -2.16. The number of nitrogen functional groups attached to an aromatic ring is 1. The van der Waals surface area contributed by atoms with Gasteiger partial charge in [0, 0.05) is 18.5 Å². The van der Waals surface area contributed by atoms with Crippen molar-refractivity contribution < 1.29 is 19.7 Å². The summed E-state index contributed by atoms with van der Waals surface area (Å²) >= 11 is 0. The molecule has 3 aromatic rings. The molecule has 0 aliphatic carbocycles. The largest absolute Gasteiger partial charge is 0.387 e. The van der Waals surface area contributed by atoms with Crippen molar-refractivity contribution in [2.75, 3.05) is 12.3 Å². The van der Waals surface area contributed by atoms with Crippen molar-refractivity contribution >= 4 is 28.8 Å². The number of aromatic nitrogens is 4. The minimum atomic E-state index is -1.43. The highest BCUT2D eigenvalue weighted by Crippen LogP contribution is 2.32. The van der Waals surface area contributed by atoms with Crippen molar-refractivity contribution in [1.82, 2.24) is 24.8 Å². The predicted molar refractivity (Wildman–Crippen MR) is 135 cm³/mol. The Morgan fingerprint density at radius 3 is 2.73 bits per heavy atom. The van der Waals surface area contributed by atoms with Crippen LogP contribution in [0.3, 0.4) is 0 Å². The van der Waals surface area contributed by atoms with Gasteiger partial charge in [-0.1, -0.05) is 37.3 Å². The third-order valence-electron chi connectivity index (χ3n) is 5.81. The molecule has 4 atom stereocenters. The van der Waals surface area contributed by atoms with E-state index in [1.807, 2.05) is 24.3 Å². The molecule has 2 aromatic heterocycles. The molecule has 1 saturated heterocycles. The average Bonchev–Trinajstić information content (AvgIpc) is 3.44. The Bertz CT molecular complexity index is 1330. The molecule has 0 radical (unpaired) electrons. The van der Waals surface area contributed by atoms with E-state index in [9.17, 15) is 15.0 Å². The van der Waals surface area contributed by atoms with Gasteiger partial charge in [0.05, 0.1) is 12.9 Å². The summed E-state index contributed by atoms with van der Waals surface area (Å²) in [7, 11) is 0. The fraction of sp³-hybridized carbons (Fsp3) is 0.440. The fourth-order valence-electron chi connectivity index (χ4n) is 3.84. The number of carbonyl (C=O) groups is 1. The van der Waals surface area contributed by atoms with Gasteiger partial charge >= 0.3 is 0 Å². The van der Waals surface area contributed by atoms with Crippen molar-refractivity contribution in [3.05, 3.63) is 41.7 Å². The zero-order valence-electron chi connectivity index (χ0n) is 20.7. The first-order chi connectivity index (χ1) is 17.9. The number of azo groups is 1. The van der Waals surface area contributed by atoms with Crippen LogP contribution in [0.25, 0.3) is 11.2 Å². The Labute approximate surface area is 214 Å². The number of nitrogens with zero attached hydrogens (tertiary/aromatic N) is 6. The van der Waals surface area contributed by atoms with E-state index in [1.165, 1.54) is 10.9 Å². The number of hydrogen-bond acceptors (Lipinski definition) is 10. The molecule has 1 fully saturated rings. The van der Waals surface area contributed by atoms with Crippen LogP contribution in [0.4, 0.5) is 11.8 Å². The number of aliphatic hydroxyl groups is 2. The second-order valence-corrected chi connectivity index (χ2v) is 8.56. The zero-order valence-corrected chi connectivity index (χ0v) is 20.7. The maximum atomic E-state index is 12.2. The second kappa shape index (κ2) is 11.9. The first-order valence-electron chi connectivity index (χ1n) is 12.2. The summed E-state index contributed by atoms with van der Waals surface area (Å²) in [5, 5.41) is 31.7. The molecular formula is C25H30N8O4. The molecule has 0 unspecified atom stereocenters. The summed E-state index contributed by atoms with van der Waals surface area (Å²) < 4.78 is 7.05. The normalized spacial score (nSPS) is 21.3. The van der Waals surface area contributed by atoms with Gasteiger partial charge in [-0.25, -0.2) is 4.98 Å². The Morgan fingerprint density at radius 2 is 2.00 bits per heavy atom. The minimum absolute atomic E-state index is 0.00141. The van der Waals surface area contributed by atoms with E-state index in [-0.39, 0.29) is 22.9 Å². The van der Waals surface area contributed by atoms with Gasteiger partial charge < -0.3 is 26.0 Å². The number of benzene rings is 1. The number of aliphatic hydroxyl groups excluding tert-OH is 2. The molecule has 12 nitrogen and oxygen atoms in total. The molecule has 12 heteroatoms. The van der Waals surface area contributed by atoms with Gasteiger partial charge in [-0.15, -0.1) is 5.11 Å². The number of unbranched alkanes of at least 4 members (excludes halogenated alkanes) is 2. The Morgan fingerprint density at radius 1 is 1.22 bits per heavy atom. The Balaban J connectivity index is 1.49. The predicted octanol–water partition coefficient (Wildman–Crippen LogP) is 1.99. The lowest BCUT2D eigenvalue weighted by molar-refractivity contribution is -0.137. The summed E-state index contributed by atoms with van der Waals surface area (Å²) in [6.07, 6.45) is -0.728. The van der Waals surface area contributed by atoms with Gasteiger partial charge in [0.15, 0.2) is 23.8 Å². The highest BCUT2D eigenvalue weighted by atomic mass is 16.6. The summed E-state index contributed by atoms with van der Waals surface area (Å²) in [5.41, 5.74) is 8.42. The molecule has 0 saturated carbocycles. The van der Waals surface area contributed by atoms with Crippen molar-refractivity contribution in [3.63, 3.8) is 0 Å². The van der Waals surface area contributed by atoms with E-state index in [2.05, 4.69) is 49.3 Å². The maximum Gasteiger partial charge on any atom is 0.272 e. The molecular weight excluding hydrogens is 476 g/mol. The number of amides is 1.